The van der Waals surface area contributed by atoms with Crippen LogP contribution in [0.25, 0.3) is 11.1 Å². The summed E-state index contributed by atoms with van der Waals surface area (Å²) < 4.78 is 81.7. The van der Waals surface area contributed by atoms with Crippen LogP contribution in [0.4, 0.5) is 17.6 Å². The SMILES string of the molecule is CCCCCOc1ccc(C(=CCOCC=C(c2ccc(OCCCCC)c(F)c2F)[C@H]2CC[C@H]([C@H]3CC[C@H](CCCCC)CC3)CC2)[C@H]2CC[C@H]([C@H]3CC[C@H](CCCCC)CC3)CC2)c(F)c1F. The van der Waals surface area contributed by atoms with Gasteiger partial charge in [-0.1, -0.05) is 143 Å². The lowest BCUT2D eigenvalue weighted by atomic mass is 9.67. The summed E-state index contributed by atoms with van der Waals surface area (Å²) in [4.78, 5) is 0. The van der Waals surface area contributed by atoms with Crippen LogP contribution >= 0.6 is 0 Å². The quantitative estimate of drug-likeness (QED) is 0.0628. The van der Waals surface area contributed by atoms with E-state index < -0.39 is 23.3 Å². The highest BCUT2D eigenvalue weighted by Crippen LogP contribution is 2.48. The molecule has 69 heavy (non-hydrogen) atoms. The molecule has 3 nitrogen and oxygen atoms in total. The van der Waals surface area contributed by atoms with Gasteiger partial charge in [-0.2, -0.15) is 8.78 Å². The van der Waals surface area contributed by atoms with E-state index in [2.05, 4.69) is 27.7 Å². The first kappa shape index (κ1) is 55.5. The summed E-state index contributed by atoms with van der Waals surface area (Å²) in [5.74, 6) is 1.25. The predicted octanol–water partition coefficient (Wildman–Crippen LogP) is 19.3. The Hall–Kier alpha value is -2.80. The van der Waals surface area contributed by atoms with Crippen molar-refractivity contribution in [2.24, 2.45) is 47.3 Å². The summed E-state index contributed by atoms with van der Waals surface area (Å²) in [5.41, 5.74) is 2.20. The molecule has 0 atom stereocenters. The molecule has 388 valence electrons. The molecular formula is C62H94F4O3. The summed E-state index contributed by atoms with van der Waals surface area (Å²) in [6.07, 6.45) is 39.2. The van der Waals surface area contributed by atoms with Crippen molar-refractivity contribution in [2.45, 2.75) is 220 Å². The summed E-state index contributed by atoms with van der Waals surface area (Å²) in [6.45, 7) is 9.89. The summed E-state index contributed by atoms with van der Waals surface area (Å²) >= 11 is 0. The topological polar surface area (TPSA) is 27.7 Å². The van der Waals surface area contributed by atoms with Crippen molar-refractivity contribution < 1.29 is 31.8 Å². The second-order valence-corrected chi connectivity index (χ2v) is 22.2. The van der Waals surface area contributed by atoms with Gasteiger partial charge in [-0.25, -0.2) is 8.78 Å². The summed E-state index contributed by atoms with van der Waals surface area (Å²) in [6, 6.07) is 6.59. The molecule has 4 aliphatic carbocycles. The standard InChI is InChI=1S/C62H94F4O3/c1-5-9-13-17-45-19-23-47(24-20-45)49-27-31-51(32-28-49)53(55-35-37-57(61(65)59(55)63)68-41-15-11-7-3)39-43-67-44-40-54(56-36-38-58(62(66)60(56)64)69-42-16-12-8-4)52-33-29-50(30-34-52)48-25-21-46(22-26-48)18-14-10-6-2/h35-40,45-52H,5-34,41-44H2,1-4H3/t45-,46-,47-,48-,49-,50-,51-,52-. The Kier molecular flexibility index (Phi) is 24.4. The lowest BCUT2D eigenvalue weighted by Gasteiger charge is -2.38. The molecule has 6 rings (SSSR count). The Labute approximate surface area is 417 Å². The van der Waals surface area contributed by atoms with Crippen LogP contribution in [0.5, 0.6) is 11.5 Å². The number of hydrogen-bond donors (Lipinski definition) is 0. The number of halogens is 4. The molecule has 4 saturated carbocycles. The van der Waals surface area contributed by atoms with E-state index in [4.69, 9.17) is 14.2 Å². The average Bonchev–Trinajstić information content (AvgIpc) is 3.38. The molecule has 0 heterocycles. The van der Waals surface area contributed by atoms with Gasteiger partial charge in [-0.15, -0.1) is 0 Å². The predicted molar refractivity (Wildman–Crippen MR) is 280 cm³/mol. The molecule has 0 aliphatic heterocycles. The Morgan fingerprint density at radius 1 is 0.420 bits per heavy atom. The van der Waals surface area contributed by atoms with Gasteiger partial charge in [0.25, 0.3) is 0 Å². The number of ether oxygens (including phenoxy) is 3. The molecular weight excluding hydrogens is 869 g/mol. The molecule has 0 saturated heterocycles. The minimum Gasteiger partial charge on any atom is -0.490 e. The fraction of sp³-hybridized carbons (Fsp3) is 0.742. The minimum absolute atomic E-state index is 0.0337. The maximum atomic E-state index is 16.2. The molecule has 0 radical (unpaired) electrons. The smallest absolute Gasteiger partial charge is 0.201 e. The van der Waals surface area contributed by atoms with Crippen molar-refractivity contribution in [1.29, 1.82) is 0 Å². The minimum atomic E-state index is -0.927. The first-order valence-corrected chi connectivity index (χ1v) is 29.0. The zero-order valence-corrected chi connectivity index (χ0v) is 43.9. The third kappa shape index (κ3) is 16.6. The van der Waals surface area contributed by atoms with Crippen LogP contribution in [0.1, 0.15) is 231 Å². The van der Waals surface area contributed by atoms with E-state index in [0.717, 1.165) is 125 Å². The van der Waals surface area contributed by atoms with Gasteiger partial charge in [0.1, 0.15) is 0 Å². The number of rotatable bonds is 28. The molecule has 2 aromatic carbocycles. The third-order valence-corrected chi connectivity index (χ3v) is 17.5. The molecule has 4 aliphatic rings. The zero-order valence-electron chi connectivity index (χ0n) is 43.9. The maximum absolute atomic E-state index is 16.2. The van der Waals surface area contributed by atoms with Crippen LogP contribution < -0.4 is 9.47 Å². The fourth-order valence-corrected chi connectivity index (χ4v) is 13.2. The monoisotopic (exact) mass is 963 g/mol. The molecule has 0 spiro atoms. The Morgan fingerprint density at radius 2 is 0.754 bits per heavy atom. The first-order chi connectivity index (χ1) is 33.8. The van der Waals surface area contributed by atoms with Crippen molar-refractivity contribution in [3.8, 4) is 11.5 Å². The van der Waals surface area contributed by atoms with E-state index in [1.54, 1.807) is 24.3 Å². The number of benzene rings is 2. The van der Waals surface area contributed by atoms with Crippen molar-refractivity contribution >= 4 is 11.1 Å². The van der Waals surface area contributed by atoms with Crippen molar-refractivity contribution in [1.82, 2.24) is 0 Å². The second kappa shape index (κ2) is 30.3. The van der Waals surface area contributed by atoms with Gasteiger partial charge < -0.3 is 14.2 Å². The van der Waals surface area contributed by atoms with Crippen molar-refractivity contribution in [3.05, 3.63) is 70.8 Å². The highest BCUT2D eigenvalue weighted by atomic mass is 19.2. The molecule has 0 bridgehead atoms. The van der Waals surface area contributed by atoms with E-state index in [1.165, 1.54) is 103 Å². The molecule has 7 heteroatoms. The van der Waals surface area contributed by atoms with Crippen LogP contribution in [0.15, 0.2) is 36.4 Å². The van der Waals surface area contributed by atoms with E-state index in [0.29, 0.717) is 36.2 Å². The molecule has 0 aromatic heterocycles. The van der Waals surface area contributed by atoms with Crippen molar-refractivity contribution in [3.63, 3.8) is 0 Å². The molecule has 0 N–H and O–H groups in total. The van der Waals surface area contributed by atoms with Gasteiger partial charge in [0.05, 0.1) is 26.4 Å². The van der Waals surface area contributed by atoms with E-state index in [1.807, 2.05) is 12.2 Å². The zero-order chi connectivity index (χ0) is 48.8. The fourth-order valence-electron chi connectivity index (χ4n) is 13.2. The Morgan fingerprint density at radius 3 is 1.10 bits per heavy atom. The van der Waals surface area contributed by atoms with Crippen molar-refractivity contribution in [2.75, 3.05) is 26.4 Å². The normalized spacial score (nSPS) is 26.0. The van der Waals surface area contributed by atoms with Crippen LogP contribution in [0.2, 0.25) is 0 Å². The number of hydrogen-bond acceptors (Lipinski definition) is 3. The van der Waals surface area contributed by atoms with E-state index >= 15 is 17.6 Å². The Balaban J connectivity index is 1.15. The van der Waals surface area contributed by atoms with Gasteiger partial charge in [0, 0.05) is 11.1 Å². The molecule has 0 amide bonds. The van der Waals surface area contributed by atoms with Crippen LogP contribution in [-0.2, 0) is 4.74 Å². The maximum Gasteiger partial charge on any atom is 0.201 e. The van der Waals surface area contributed by atoms with Gasteiger partial charge in [0.15, 0.2) is 23.1 Å². The number of unbranched alkanes of at least 4 members (excludes halogenated alkanes) is 8. The lowest BCUT2D eigenvalue weighted by molar-refractivity contribution is 0.152. The van der Waals surface area contributed by atoms with Gasteiger partial charge >= 0.3 is 0 Å². The number of allylic oxidation sites excluding steroid dienone is 2. The Bertz CT molecular complexity index is 1690. The molecule has 0 unspecified atom stereocenters. The largest absolute Gasteiger partial charge is 0.490 e. The van der Waals surface area contributed by atoms with Gasteiger partial charge in [0.2, 0.25) is 11.6 Å². The third-order valence-electron chi connectivity index (χ3n) is 17.5. The molecule has 4 fully saturated rings. The van der Waals surface area contributed by atoms with Gasteiger partial charge in [-0.05, 0) is 173 Å². The van der Waals surface area contributed by atoms with E-state index in [-0.39, 0.29) is 36.5 Å². The van der Waals surface area contributed by atoms with Crippen LogP contribution in [0, 0.1) is 70.6 Å². The lowest BCUT2D eigenvalue weighted by Crippen LogP contribution is -2.26. The van der Waals surface area contributed by atoms with Gasteiger partial charge in [-0.3, -0.25) is 0 Å². The van der Waals surface area contributed by atoms with Crippen LogP contribution in [0.3, 0.4) is 0 Å². The summed E-state index contributed by atoms with van der Waals surface area (Å²) in [7, 11) is 0. The second-order valence-electron chi connectivity index (χ2n) is 22.2. The average molecular weight is 963 g/mol. The first-order valence-electron chi connectivity index (χ1n) is 29.0. The van der Waals surface area contributed by atoms with Crippen LogP contribution in [-0.4, -0.2) is 26.4 Å². The molecule has 2 aromatic rings. The summed E-state index contributed by atoms with van der Waals surface area (Å²) in [5, 5.41) is 0. The highest BCUT2D eigenvalue weighted by Gasteiger charge is 2.35. The highest BCUT2D eigenvalue weighted by molar-refractivity contribution is 5.70. The van der Waals surface area contributed by atoms with E-state index in [9.17, 15) is 0 Å².